The summed E-state index contributed by atoms with van der Waals surface area (Å²) < 4.78 is 18.5. The SMILES string of the molecule is COc1ccccc1CNC(=O)CC[C@@H]1N=C2c3ccccc3N=C(SCC(=O)Nc3ccc(F)cc3)N2C1=O. The van der Waals surface area contributed by atoms with Gasteiger partial charge in [-0.1, -0.05) is 42.1 Å². The van der Waals surface area contributed by atoms with E-state index in [1.807, 2.05) is 48.5 Å². The van der Waals surface area contributed by atoms with Gasteiger partial charge in [0.2, 0.25) is 11.8 Å². The van der Waals surface area contributed by atoms with Crippen LogP contribution in [0.5, 0.6) is 5.75 Å². The van der Waals surface area contributed by atoms with Crippen LogP contribution in [-0.2, 0) is 20.9 Å². The van der Waals surface area contributed by atoms with Crippen LogP contribution in [0.25, 0.3) is 0 Å². The van der Waals surface area contributed by atoms with E-state index < -0.39 is 11.9 Å². The number of aliphatic imine (C=N–C) groups is 2. The molecule has 0 aliphatic carbocycles. The molecule has 11 heteroatoms. The van der Waals surface area contributed by atoms with E-state index in [1.165, 1.54) is 29.2 Å². The van der Waals surface area contributed by atoms with Gasteiger partial charge in [0, 0.05) is 29.8 Å². The van der Waals surface area contributed by atoms with Gasteiger partial charge in [0.1, 0.15) is 23.4 Å². The summed E-state index contributed by atoms with van der Waals surface area (Å²) in [6.45, 7) is 0.308. The Morgan fingerprint density at radius 3 is 2.58 bits per heavy atom. The number of hydrogen-bond acceptors (Lipinski definition) is 7. The first kappa shape index (κ1) is 27.1. The lowest BCUT2D eigenvalue weighted by Crippen LogP contribution is -2.41. The molecule has 3 amide bonds. The molecule has 0 spiro atoms. The van der Waals surface area contributed by atoms with E-state index in [0.717, 1.165) is 17.3 Å². The van der Waals surface area contributed by atoms with Crippen LogP contribution in [0.3, 0.4) is 0 Å². The molecule has 2 heterocycles. The minimum absolute atomic E-state index is 0.0224. The molecular formula is C29H26FN5O4S. The normalized spacial score (nSPS) is 15.5. The minimum Gasteiger partial charge on any atom is -0.496 e. The van der Waals surface area contributed by atoms with Gasteiger partial charge in [-0.25, -0.2) is 14.3 Å². The number of carbonyl (C=O) groups excluding carboxylic acids is 3. The van der Waals surface area contributed by atoms with Crippen LogP contribution in [0, 0.1) is 5.82 Å². The summed E-state index contributed by atoms with van der Waals surface area (Å²) >= 11 is 1.10. The first-order chi connectivity index (χ1) is 19.4. The average Bonchev–Trinajstić information content (AvgIpc) is 3.31. The van der Waals surface area contributed by atoms with Crippen molar-refractivity contribution in [2.24, 2.45) is 9.98 Å². The molecule has 2 aliphatic heterocycles. The fourth-order valence-electron chi connectivity index (χ4n) is 4.35. The lowest BCUT2D eigenvalue weighted by atomic mass is 10.1. The molecule has 3 aromatic carbocycles. The Morgan fingerprint density at radius 2 is 1.77 bits per heavy atom. The van der Waals surface area contributed by atoms with Crippen LogP contribution in [-0.4, -0.2) is 52.5 Å². The van der Waals surface area contributed by atoms with Crippen LogP contribution in [0.4, 0.5) is 15.8 Å². The van der Waals surface area contributed by atoms with Gasteiger partial charge in [-0.2, -0.15) is 0 Å². The van der Waals surface area contributed by atoms with Crippen molar-refractivity contribution in [2.75, 3.05) is 18.2 Å². The summed E-state index contributed by atoms with van der Waals surface area (Å²) in [4.78, 5) is 49.3. The second-order valence-corrected chi connectivity index (χ2v) is 9.97. The standard InChI is InChI=1S/C29H26FN5O4S/c1-39-24-9-5-2-6-18(24)16-31-25(36)15-14-23-28(38)35-27(33-23)21-7-3-4-8-22(21)34-29(35)40-17-26(37)32-20-12-10-19(30)11-13-20/h2-13,23H,14-17H2,1H3,(H,31,36)(H,32,37)/t23-/m0/s1. The molecular weight excluding hydrogens is 533 g/mol. The van der Waals surface area contributed by atoms with Crippen molar-refractivity contribution in [2.45, 2.75) is 25.4 Å². The lowest BCUT2D eigenvalue weighted by Gasteiger charge is -2.25. The predicted octanol–water partition coefficient (Wildman–Crippen LogP) is 4.26. The number of para-hydroxylation sites is 2. The fraction of sp³-hybridized carbons (Fsp3) is 0.207. The topological polar surface area (TPSA) is 112 Å². The number of amidine groups is 2. The molecule has 2 aliphatic rings. The van der Waals surface area contributed by atoms with E-state index in [2.05, 4.69) is 20.6 Å². The van der Waals surface area contributed by atoms with Crippen LogP contribution in [0.1, 0.15) is 24.0 Å². The summed E-state index contributed by atoms with van der Waals surface area (Å²) in [6, 6.07) is 19.5. The van der Waals surface area contributed by atoms with E-state index in [4.69, 9.17) is 4.74 Å². The van der Waals surface area contributed by atoms with Gasteiger partial charge in [-0.3, -0.25) is 19.4 Å². The molecule has 0 radical (unpaired) electrons. The van der Waals surface area contributed by atoms with Crippen LogP contribution in [0.2, 0.25) is 0 Å². The number of halogens is 1. The number of methoxy groups -OCH3 is 1. The molecule has 0 unspecified atom stereocenters. The van der Waals surface area contributed by atoms with E-state index in [1.54, 1.807) is 7.11 Å². The third-order valence-corrected chi connectivity index (χ3v) is 7.26. The van der Waals surface area contributed by atoms with Gasteiger partial charge in [0.15, 0.2) is 5.17 Å². The maximum Gasteiger partial charge on any atom is 0.259 e. The zero-order valence-electron chi connectivity index (χ0n) is 21.6. The number of rotatable bonds is 9. The van der Waals surface area contributed by atoms with Gasteiger partial charge in [-0.05, 0) is 48.9 Å². The molecule has 40 heavy (non-hydrogen) atoms. The summed E-state index contributed by atoms with van der Waals surface area (Å²) in [5.41, 5.74) is 2.66. The Labute approximate surface area is 234 Å². The maximum atomic E-state index is 13.4. The zero-order chi connectivity index (χ0) is 28.1. The van der Waals surface area contributed by atoms with Crippen molar-refractivity contribution >= 4 is 51.9 Å². The number of amides is 3. The predicted molar refractivity (Wildman–Crippen MR) is 152 cm³/mol. The summed E-state index contributed by atoms with van der Waals surface area (Å²) in [6.07, 6.45) is 0.333. The fourth-order valence-corrected chi connectivity index (χ4v) is 5.15. The van der Waals surface area contributed by atoms with Gasteiger partial charge in [0.05, 0.1) is 18.6 Å². The van der Waals surface area contributed by atoms with Crippen molar-refractivity contribution in [1.29, 1.82) is 0 Å². The molecule has 1 atom stereocenters. The maximum absolute atomic E-state index is 13.4. The number of hydrogen-bond donors (Lipinski definition) is 2. The number of nitrogens with one attached hydrogen (secondary N) is 2. The second-order valence-electron chi connectivity index (χ2n) is 9.02. The van der Waals surface area contributed by atoms with Crippen molar-refractivity contribution in [1.82, 2.24) is 10.2 Å². The zero-order valence-corrected chi connectivity index (χ0v) is 22.4. The van der Waals surface area contributed by atoms with Crippen LogP contribution >= 0.6 is 11.8 Å². The Kier molecular flexibility index (Phi) is 8.20. The van der Waals surface area contributed by atoms with Crippen LogP contribution in [0.15, 0.2) is 82.8 Å². The quantitative estimate of drug-likeness (QED) is 0.407. The number of fused-ring (bicyclic) bond motifs is 3. The number of benzene rings is 3. The van der Waals surface area contributed by atoms with E-state index in [0.29, 0.717) is 40.2 Å². The number of anilines is 1. The second kappa shape index (κ2) is 12.1. The average molecular weight is 560 g/mol. The molecule has 0 aromatic heterocycles. The largest absolute Gasteiger partial charge is 0.496 e. The minimum atomic E-state index is -0.753. The van der Waals surface area contributed by atoms with E-state index >= 15 is 0 Å². The summed E-state index contributed by atoms with van der Waals surface area (Å²) in [5.74, 6) is -0.108. The molecule has 3 aromatic rings. The highest BCUT2D eigenvalue weighted by Gasteiger charge is 2.41. The lowest BCUT2D eigenvalue weighted by molar-refractivity contribution is -0.125. The van der Waals surface area contributed by atoms with Gasteiger partial charge in [0.25, 0.3) is 5.91 Å². The van der Waals surface area contributed by atoms with Crippen LogP contribution < -0.4 is 15.4 Å². The third-order valence-electron chi connectivity index (χ3n) is 6.32. The van der Waals surface area contributed by atoms with Crippen molar-refractivity contribution in [3.63, 3.8) is 0 Å². The van der Waals surface area contributed by atoms with E-state index in [9.17, 15) is 18.8 Å². The Bertz CT molecular complexity index is 1510. The van der Waals surface area contributed by atoms with E-state index in [-0.39, 0.29) is 36.3 Å². The van der Waals surface area contributed by atoms with Crippen molar-refractivity contribution < 1.29 is 23.5 Å². The Balaban J connectivity index is 1.23. The summed E-state index contributed by atoms with van der Waals surface area (Å²) in [7, 11) is 1.58. The molecule has 0 fully saturated rings. The molecule has 9 nitrogen and oxygen atoms in total. The number of ether oxygens (including phenoxy) is 1. The smallest absolute Gasteiger partial charge is 0.259 e. The number of thioether (sulfide) groups is 1. The molecule has 0 saturated heterocycles. The number of nitrogens with zero attached hydrogens (tertiary/aromatic N) is 3. The van der Waals surface area contributed by atoms with Gasteiger partial charge < -0.3 is 15.4 Å². The molecule has 0 bridgehead atoms. The first-order valence-electron chi connectivity index (χ1n) is 12.6. The highest BCUT2D eigenvalue weighted by atomic mass is 32.2. The van der Waals surface area contributed by atoms with Crippen molar-refractivity contribution in [3.8, 4) is 5.75 Å². The van der Waals surface area contributed by atoms with Gasteiger partial charge >= 0.3 is 0 Å². The monoisotopic (exact) mass is 559 g/mol. The first-order valence-corrected chi connectivity index (χ1v) is 13.6. The van der Waals surface area contributed by atoms with Crippen molar-refractivity contribution in [3.05, 3.63) is 89.7 Å². The molecule has 2 N–H and O–H groups in total. The highest BCUT2D eigenvalue weighted by molar-refractivity contribution is 8.14. The molecule has 5 rings (SSSR count). The Morgan fingerprint density at radius 1 is 1.02 bits per heavy atom. The third kappa shape index (κ3) is 6.04. The Hall–Kier alpha value is -4.51. The summed E-state index contributed by atoms with van der Waals surface area (Å²) in [5, 5.41) is 5.91. The molecule has 0 saturated carbocycles. The molecule has 204 valence electrons. The van der Waals surface area contributed by atoms with Gasteiger partial charge in [-0.15, -0.1) is 0 Å². The highest BCUT2D eigenvalue weighted by Crippen LogP contribution is 2.34. The number of carbonyl (C=O) groups is 3.